The van der Waals surface area contributed by atoms with Crippen LogP contribution in [0.4, 0.5) is 10.5 Å². The molecule has 0 bridgehead atoms. The van der Waals surface area contributed by atoms with Crippen molar-refractivity contribution in [3.63, 3.8) is 0 Å². The van der Waals surface area contributed by atoms with Gasteiger partial charge in [0.2, 0.25) is 5.88 Å². The van der Waals surface area contributed by atoms with Crippen molar-refractivity contribution in [3.05, 3.63) is 60.2 Å². The van der Waals surface area contributed by atoms with Crippen LogP contribution in [0, 0.1) is 0 Å². The summed E-state index contributed by atoms with van der Waals surface area (Å²) in [6.45, 7) is 0. The van der Waals surface area contributed by atoms with Gasteiger partial charge in [-0.3, -0.25) is 4.79 Å². The molecular formula is C25H29BrN2O3. The van der Waals surface area contributed by atoms with Crippen molar-refractivity contribution in [3.8, 4) is 5.88 Å². The van der Waals surface area contributed by atoms with Crippen LogP contribution < -0.4 is 5.32 Å². The number of para-hydroxylation sites is 2. The minimum Gasteiger partial charge on any atom is -0.494 e. The normalized spacial score (nSPS) is 11.0. The summed E-state index contributed by atoms with van der Waals surface area (Å²) in [5.41, 5.74) is 1.37. The number of carbonyl (C=O) groups excluding carboxylic acids is 2. The highest BCUT2D eigenvalue weighted by Crippen LogP contribution is 2.33. The molecule has 0 aliphatic carbocycles. The fourth-order valence-electron chi connectivity index (χ4n) is 3.80. The van der Waals surface area contributed by atoms with Gasteiger partial charge in [-0.1, -0.05) is 84.4 Å². The van der Waals surface area contributed by atoms with E-state index in [9.17, 15) is 14.7 Å². The summed E-state index contributed by atoms with van der Waals surface area (Å²) >= 11 is 3.45. The molecule has 31 heavy (non-hydrogen) atoms. The van der Waals surface area contributed by atoms with E-state index in [0.29, 0.717) is 23.0 Å². The predicted molar refractivity (Wildman–Crippen MR) is 130 cm³/mol. The van der Waals surface area contributed by atoms with Crippen LogP contribution in [0.1, 0.15) is 61.7 Å². The fourth-order valence-corrected chi connectivity index (χ4v) is 4.19. The monoisotopic (exact) mass is 484 g/mol. The summed E-state index contributed by atoms with van der Waals surface area (Å²) in [7, 11) is 0. The van der Waals surface area contributed by atoms with Gasteiger partial charge in [0.1, 0.15) is 0 Å². The maximum absolute atomic E-state index is 12.9. The highest BCUT2D eigenvalue weighted by atomic mass is 79.9. The number of fused-ring (bicyclic) bond motifs is 1. The molecule has 0 radical (unpaired) electrons. The number of benzene rings is 2. The number of alkyl halides is 1. The number of nitrogens with zero attached hydrogens (tertiary/aromatic N) is 1. The molecule has 0 saturated carbocycles. The third-order valence-corrected chi connectivity index (χ3v) is 5.95. The number of amides is 1. The summed E-state index contributed by atoms with van der Waals surface area (Å²) in [6, 6.07) is 15.7. The van der Waals surface area contributed by atoms with Crippen molar-refractivity contribution in [2.75, 3.05) is 10.6 Å². The lowest BCUT2D eigenvalue weighted by Gasteiger charge is -2.08. The number of carbonyl (C=O) groups is 2. The van der Waals surface area contributed by atoms with Gasteiger partial charge in [0.05, 0.1) is 11.1 Å². The van der Waals surface area contributed by atoms with E-state index in [1.165, 1.54) is 30.3 Å². The van der Waals surface area contributed by atoms with Gasteiger partial charge in [0.25, 0.3) is 0 Å². The van der Waals surface area contributed by atoms with Crippen LogP contribution in [-0.2, 0) is 0 Å². The van der Waals surface area contributed by atoms with Crippen molar-refractivity contribution < 1.29 is 14.7 Å². The minimum absolute atomic E-state index is 0.126. The maximum atomic E-state index is 12.9. The average molecular weight is 485 g/mol. The molecule has 1 amide bonds. The van der Waals surface area contributed by atoms with Gasteiger partial charge < -0.3 is 10.4 Å². The van der Waals surface area contributed by atoms with Gasteiger partial charge in [0, 0.05) is 22.8 Å². The van der Waals surface area contributed by atoms with Crippen LogP contribution in [0.2, 0.25) is 0 Å². The number of halogens is 1. The van der Waals surface area contributed by atoms with Crippen molar-refractivity contribution in [2.45, 2.75) is 51.4 Å². The van der Waals surface area contributed by atoms with Gasteiger partial charge in [-0.2, -0.15) is 0 Å². The topological polar surface area (TPSA) is 71.3 Å². The largest absolute Gasteiger partial charge is 0.494 e. The van der Waals surface area contributed by atoms with E-state index in [0.717, 1.165) is 24.6 Å². The Hall–Kier alpha value is -2.60. The molecule has 0 aliphatic heterocycles. The molecule has 0 atom stereocenters. The molecule has 0 saturated heterocycles. The third kappa shape index (κ3) is 5.97. The second-order valence-electron chi connectivity index (χ2n) is 7.68. The highest BCUT2D eigenvalue weighted by Gasteiger charge is 2.25. The van der Waals surface area contributed by atoms with E-state index >= 15 is 0 Å². The molecule has 164 valence electrons. The fraction of sp³-hybridized carbons (Fsp3) is 0.360. The first-order valence-corrected chi connectivity index (χ1v) is 12.0. The number of aromatic nitrogens is 1. The number of nitrogens with one attached hydrogen (secondary N) is 1. The second-order valence-corrected chi connectivity index (χ2v) is 8.48. The molecule has 5 nitrogen and oxygen atoms in total. The van der Waals surface area contributed by atoms with Crippen LogP contribution >= 0.6 is 15.9 Å². The molecule has 1 aromatic heterocycles. The predicted octanol–water partition coefficient (Wildman–Crippen LogP) is 7.13. The molecule has 0 aliphatic rings. The molecular weight excluding hydrogens is 456 g/mol. The molecule has 2 aromatic carbocycles. The molecule has 3 rings (SSSR count). The zero-order valence-electron chi connectivity index (χ0n) is 17.6. The standard InChI is InChI=1S/C25H29BrN2O3/c26-18-12-5-3-1-2-4-9-17-22(29)23-20-15-10-11-16-21(20)28(24(23)30)25(31)27-19-13-7-6-8-14-19/h6-8,10-11,13-16,30H,1-5,9,12,17-18H2,(H,27,31). The number of ketones is 1. The summed E-state index contributed by atoms with van der Waals surface area (Å²) in [6.07, 6.45) is 8.12. The Morgan fingerprint density at radius 3 is 2.16 bits per heavy atom. The molecule has 3 aromatic rings. The van der Waals surface area contributed by atoms with Gasteiger partial charge in [-0.15, -0.1) is 0 Å². The first-order valence-electron chi connectivity index (χ1n) is 10.9. The number of unbranched alkanes of at least 4 members (excludes halogenated alkanes) is 6. The van der Waals surface area contributed by atoms with Gasteiger partial charge in [-0.25, -0.2) is 9.36 Å². The Morgan fingerprint density at radius 2 is 1.45 bits per heavy atom. The second kappa shape index (κ2) is 11.7. The van der Waals surface area contributed by atoms with Gasteiger partial charge in [-0.05, 0) is 31.0 Å². The zero-order chi connectivity index (χ0) is 22.1. The Bertz CT molecular complexity index is 1010. The molecule has 0 fully saturated rings. The van der Waals surface area contributed by atoms with E-state index in [-0.39, 0.29) is 17.2 Å². The molecule has 6 heteroatoms. The number of Topliss-reactive ketones (excluding diaryl/α,β-unsaturated/α-hetero) is 1. The Balaban J connectivity index is 1.69. The number of rotatable bonds is 11. The summed E-state index contributed by atoms with van der Waals surface area (Å²) in [4.78, 5) is 25.8. The number of aromatic hydroxyl groups is 1. The van der Waals surface area contributed by atoms with Crippen molar-refractivity contribution >= 4 is 44.3 Å². The number of hydrogen-bond acceptors (Lipinski definition) is 3. The minimum atomic E-state index is -0.498. The highest BCUT2D eigenvalue weighted by molar-refractivity contribution is 9.09. The maximum Gasteiger partial charge on any atom is 0.333 e. The van der Waals surface area contributed by atoms with E-state index in [2.05, 4.69) is 21.2 Å². The van der Waals surface area contributed by atoms with E-state index < -0.39 is 6.03 Å². The SMILES string of the molecule is O=C(CCCCCCCCCBr)c1c(O)n(C(=O)Nc2ccccc2)c2ccccc12. The lowest BCUT2D eigenvalue weighted by Crippen LogP contribution is -2.19. The smallest absolute Gasteiger partial charge is 0.333 e. The number of hydrogen-bond donors (Lipinski definition) is 2. The van der Waals surface area contributed by atoms with Crippen LogP contribution in [0.15, 0.2) is 54.6 Å². The zero-order valence-corrected chi connectivity index (χ0v) is 19.2. The van der Waals surface area contributed by atoms with Crippen molar-refractivity contribution in [1.29, 1.82) is 0 Å². The van der Waals surface area contributed by atoms with Crippen LogP contribution in [0.5, 0.6) is 5.88 Å². The Labute approximate surface area is 191 Å². The molecule has 2 N–H and O–H groups in total. The van der Waals surface area contributed by atoms with Crippen LogP contribution in [-0.4, -0.2) is 26.8 Å². The molecule has 0 spiro atoms. The summed E-state index contributed by atoms with van der Waals surface area (Å²) in [5.74, 6) is -0.423. The lowest BCUT2D eigenvalue weighted by atomic mass is 10.0. The first-order chi connectivity index (χ1) is 15.1. The lowest BCUT2D eigenvalue weighted by molar-refractivity contribution is 0.0978. The first kappa shape index (κ1) is 23.1. The molecule has 0 unspecified atom stereocenters. The third-order valence-electron chi connectivity index (χ3n) is 5.39. The van der Waals surface area contributed by atoms with Crippen molar-refractivity contribution in [2.24, 2.45) is 0 Å². The molecule has 1 heterocycles. The van der Waals surface area contributed by atoms with Crippen LogP contribution in [0.25, 0.3) is 10.9 Å². The van der Waals surface area contributed by atoms with Gasteiger partial charge in [0.15, 0.2) is 5.78 Å². The van der Waals surface area contributed by atoms with E-state index in [1.807, 2.05) is 24.3 Å². The van der Waals surface area contributed by atoms with Crippen molar-refractivity contribution in [1.82, 2.24) is 4.57 Å². The van der Waals surface area contributed by atoms with Gasteiger partial charge >= 0.3 is 6.03 Å². The quantitative estimate of drug-likeness (QED) is 0.173. The summed E-state index contributed by atoms with van der Waals surface area (Å²) in [5, 5.41) is 15.3. The Morgan fingerprint density at radius 1 is 0.839 bits per heavy atom. The summed E-state index contributed by atoms with van der Waals surface area (Å²) < 4.78 is 1.18. The van der Waals surface area contributed by atoms with Crippen LogP contribution in [0.3, 0.4) is 0 Å². The van der Waals surface area contributed by atoms with E-state index in [1.54, 1.807) is 30.3 Å². The number of anilines is 1. The van der Waals surface area contributed by atoms with E-state index in [4.69, 9.17) is 0 Å². The Kier molecular flexibility index (Phi) is 8.71. The average Bonchev–Trinajstić information content (AvgIpc) is 3.08.